The molecule has 0 radical (unpaired) electrons. The largest absolute Gasteiger partial charge is 0.393 e. The molecule has 2 aliphatic carbocycles. The molecule has 1 N–H and O–H groups in total. The van der Waals surface area contributed by atoms with E-state index in [9.17, 15) is 5.11 Å². The van der Waals surface area contributed by atoms with Crippen molar-refractivity contribution in [1.82, 2.24) is 0 Å². The molecule has 0 aromatic carbocycles. The molecule has 2 aliphatic rings. The first kappa shape index (κ1) is 9.51. The summed E-state index contributed by atoms with van der Waals surface area (Å²) in [6, 6.07) is 0. The van der Waals surface area contributed by atoms with E-state index in [0.29, 0.717) is 5.92 Å². The molecular weight excluding hydrogens is 160 g/mol. The summed E-state index contributed by atoms with van der Waals surface area (Å²) in [5.41, 5.74) is 0. The Morgan fingerprint density at radius 3 is 2.31 bits per heavy atom. The van der Waals surface area contributed by atoms with Crippen LogP contribution >= 0.6 is 0 Å². The summed E-state index contributed by atoms with van der Waals surface area (Å²) in [4.78, 5) is 0. The van der Waals surface area contributed by atoms with Crippen LogP contribution in [0.3, 0.4) is 0 Å². The van der Waals surface area contributed by atoms with Gasteiger partial charge < -0.3 is 5.11 Å². The fourth-order valence-corrected chi connectivity index (χ4v) is 3.14. The van der Waals surface area contributed by atoms with Crippen LogP contribution in [0.15, 0.2) is 0 Å². The van der Waals surface area contributed by atoms with Crippen molar-refractivity contribution < 1.29 is 5.11 Å². The molecule has 0 aromatic rings. The maximum Gasteiger partial charge on any atom is 0.0574 e. The number of aliphatic hydroxyl groups is 1. The minimum atomic E-state index is 0.0256. The van der Waals surface area contributed by atoms with Gasteiger partial charge in [-0.15, -0.1) is 0 Å². The summed E-state index contributed by atoms with van der Waals surface area (Å²) in [7, 11) is 0. The molecule has 3 atom stereocenters. The molecule has 0 amide bonds. The van der Waals surface area contributed by atoms with Crippen LogP contribution in [0.4, 0.5) is 0 Å². The lowest BCUT2D eigenvalue weighted by Crippen LogP contribution is -2.13. The number of fused-ring (bicyclic) bond motifs is 1. The Bertz CT molecular complexity index is 166. The average molecular weight is 182 g/mol. The number of rotatable bonds is 4. The van der Waals surface area contributed by atoms with E-state index in [0.717, 1.165) is 24.2 Å². The Balaban J connectivity index is 1.70. The van der Waals surface area contributed by atoms with Crippen molar-refractivity contribution in [2.24, 2.45) is 23.7 Å². The Morgan fingerprint density at radius 1 is 1.15 bits per heavy atom. The minimum Gasteiger partial charge on any atom is -0.393 e. The van der Waals surface area contributed by atoms with Crippen LogP contribution in [0.5, 0.6) is 0 Å². The van der Waals surface area contributed by atoms with Gasteiger partial charge in [0.2, 0.25) is 0 Å². The lowest BCUT2D eigenvalue weighted by atomic mass is 9.98. The lowest BCUT2D eigenvalue weighted by Gasteiger charge is -2.13. The molecular formula is C12H22O. The number of hydrogen-bond donors (Lipinski definition) is 1. The van der Waals surface area contributed by atoms with Crippen molar-refractivity contribution in [2.45, 2.75) is 52.1 Å². The standard InChI is InChI=1S/C12H22O/c1-8(2)6-7-11(13)12-9-4-3-5-10(9)12/h8-13H,3-7H2,1-2H3. The zero-order valence-corrected chi connectivity index (χ0v) is 8.87. The van der Waals surface area contributed by atoms with Crippen LogP contribution in [0.25, 0.3) is 0 Å². The molecule has 2 rings (SSSR count). The van der Waals surface area contributed by atoms with E-state index in [1.807, 2.05) is 0 Å². The highest BCUT2D eigenvalue weighted by atomic mass is 16.3. The third kappa shape index (κ3) is 1.90. The molecule has 0 saturated heterocycles. The number of aliphatic hydroxyl groups excluding tert-OH is 1. The molecule has 1 heteroatoms. The van der Waals surface area contributed by atoms with Gasteiger partial charge in [0, 0.05) is 0 Å². The summed E-state index contributed by atoms with van der Waals surface area (Å²) in [6.07, 6.45) is 6.47. The van der Waals surface area contributed by atoms with E-state index in [1.165, 1.54) is 25.7 Å². The van der Waals surface area contributed by atoms with Crippen LogP contribution in [0.2, 0.25) is 0 Å². The van der Waals surface area contributed by atoms with Gasteiger partial charge in [-0.2, -0.15) is 0 Å². The summed E-state index contributed by atoms with van der Waals surface area (Å²) in [6.45, 7) is 4.47. The first-order chi connectivity index (χ1) is 6.20. The molecule has 1 nitrogen and oxygen atoms in total. The van der Waals surface area contributed by atoms with E-state index >= 15 is 0 Å². The summed E-state index contributed by atoms with van der Waals surface area (Å²) < 4.78 is 0. The molecule has 3 unspecified atom stereocenters. The molecule has 0 aliphatic heterocycles. The zero-order valence-electron chi connectivity index (χ0n) is 8.87. The summed E-state index contributed by atoms with van der Waals surface area (Å²) in [5, 5.41) is 9.94. The third-order valence-corrected chi connectivity index (χ3v) is 3.96. The minimum absolute atomic E-state index is 0.0256. The monoisotopic (exact) mass is 182 g/mol. The second-order valence-corrected chi connectivity index (χ2v) is 5.37. The van der Waals surface area contributed by atoms with Gasteiger partial charge in [-0.25, -0.2) is 0 Å². The van der Waals surface area contributed by atoms with Crippen LogP contribution < -0.4 is 0 Å². The Morgan fingerprint density at radius 2 is 1.77 bits per heavy atom. The summed E-state index contributed by atoms with van der Waals surface area (Å²) in [5.74, 6) is 3.28. The average Bonchev–Trinajstić information content (AvgIpc) is 2.56. The summed E-state index contributed by atoms with van der Waals surface area (Å²) >= 11 is 0. The lowest BCUT2D eigenvalue weighted by molar-refractivity contribution is 0.119. The van der Waals surface area contributed by atoms with Gasteiger partial charge in [0.15, 0.2) is 0 Å². The van der Waals surface area contributed by atoms with Gasteiger partial charge in [0.25, 0.3) is 0 Å². The Labute approximate surface area is 81.5 Å². The molecule has 0 spiro atoms. The van der Waals surface area contributed by atoms with Crippen LogP contribution in [0, 0.1) is 23.7 Å². The molecule has 2 saturated carbocycles. The highest BCUT2D eigenvalue weighted by Gasteiger charge is 2.55. The van der Waals surface area contributed by atoms with Gasteiger partial charge in [-0.05, 0) is 49.4 Å². The maximum atomic E-state index is 9.94. The van der Waals surface area contributed by atoms with Gasteiger partial charge >= 0.3 is 0 Å². The third-order valence-electron chi connectivity index (χ3n) is 3.96. The molecule has 2 fully saturated rings. The van der Waals surface area contributed by atoms with Crippen LogP contribution in [-0.4, -0.2) is 11.2 Å². The second kappa shape index (κ2) is 3.61. The van der Waals surface area contributed by atoms with Crippen molar-refractivity contribution in [3.63, 3.8) is 0 Å². The fourth-order valence-electron chi connectivity index (χ4n) is 3.14. The van der Waals surface area contributed by atoms with E-state index in [4.69, 9.17) is 0 Å². The van der Waals surface area contributed by atoms with Crippen LogP contribution in [0.1, 0.15) is 46.0 Å². The van der Waals surface area contributed by atoms with E-state index in [-0.39, 0.29) is 6.10 Å². The van der Waals surface area contributed by atoms with Gasteiger partial charge in [-0.3, -0.25) is 0 Å². The molecule has 0 aromatic heterocycles. The topological polar surface area (TPSA) is 20.2 Å². The van der Waals surface area contributed by atoms with Gasteiger partial charge in [0.05, 0.1) is 6.10 Å². The maximum absolute atomic E-state index is 9.94. The predicted molar refractivity (Wildman–Crippen MR) is 54.4 cm³/mol. The normalized spacial score (nSPS) is 39.2. The number of hydrogen-bond acceptors (Lipinski definition) is 1. The van der Waals surface area contributed by atoms with E-state index in [1.54, 1.807) is 0 Å². The highest BCUT2D eigenvalue weighted by molar-refractivity contribution is 5.03. The van der Waals surface area contributed by atoms with Gasteiger partial charge in [0.1, 0.15) is 0 Å². The smallest absolute Gasteiger partial charge is 0.0574 e. The Hall–Kier alpha value is -0.0400. The van der Waals surface area contributed by atoms with Crippen molar-refractivity contribution in [2.75, 3.05) is 0 Å². The van der Waals surface area contributed by atoms with Crippen LogP contribution in [-0.2, 0) is 0 Å². The van der Waals surface area contributed by atoms with Gasteiger partial charge in [-0.1, -0.05) is 20.3 Å². The zero-order chi connectivity index (χ0) is 9.42. The molecule has 76 valence electrons. The Kier molecular flexibility index (Phi) is 2.64. The van der Waals surface area contributed by atoms with Crippen molar-refractivity contribution in [3.05, 3.63) is 0 Å². The first-order valence-electron chi connectivity index (χ1n) is 5.88. The quantitative estimate of drug-likeness (QED) is 0.709. The molecule has 13 heavy (non-hydrogen) atoms. The van der Waals surface area contributed by atoms with E-state index in [2.05, 4.69) is 13.8 Å². The first-order valence-corrected chi connectivity index (χ1v) is 5.88. The SMILES string of the molecule is CC(C)CCC(O)C1C2CCCC21. The highest BCUT2D eigenvalue weighted by Crippen LogP contribution is 2.59. The van der Waals surface area contributed by atoms with Crippen molar-refractivity contribution in [1.29, 1.82) is 0 Å². The van der Waals surface area contributed by atoms with Crippen molar-refractivity contribution in [3.8, 4) is 0 Å². The van der Waals surface area contributed by atoms with Crippen molar-refractivity contribution >= 4 is 0 Å². The fraction of sp³-hybridized carbons (Fsp3) is 1.00. The molecule has 0 heterocycles. The second-order valence-electron chi connectivity index (χ2n) is 5.37. The molecule has 0 bridgehead atoms. The predicted octanol–water partition coefficient (Wildman–Crippen LogP) is 2.83. The van der Waals surface area contributed by atoms with E-state index < -0.39 is 0 Å².